The number of rotatable bonds is 7. The Bertz CT molecular complexity index is 1020. The van der Waals surface area contributed by atoms with Crippen LogP contribution in [-0.2, 0) is 22.0 Å². The number of anilines is 2. The van der Waals surface area contributed by atoms with Gasteiger partial charge in [0.15, 0.2) is 0 Å². The molecular weight excluding hydrogens is 430 g/mol. The van der Waals surface area contributed by atoms with Crippen molar-refractivity contribution in [2.75, 3.05) is 22.8 Å². The molecule has 1 aromatic heterocycles. The monoisotopic (exact) mass is 463 g/mol. The number of amides is 2. The number of aryl methyl sites for hydroxylation is 1. The van der Waals surface area contributed by atoms with E-state index in [-0.39, 0.29) is 17.9 Å². The average molecular weight is 464 g/mol. The molecule has 2 heterocycles. The first-order chi connectivity index (χ1) is 15.1. The zero-order chi connectivity index (χ0) is 23.5. The number of ether oxygens (including phenoxy) is 1. The van der Waals surface area contributed by atoms with Gasteiger partial charge in [0.1, 0.15) is 0 Å². The fourth-order valence-corrected chi connectivity index (χ4v) is 5.08. The van der Waals surface area contributed by atoms with Gasteiger partial charge in [0.25, 0.3) is 0 Å². The molecule has 0 unspecified atom stereocenters. The van der Waals surface area contributed by atoms with Crippen molar-refractivity contribution in [3.63, 3.8) is 0 Å². The lowest BCUT2D eigenvalue weighted by atomic mass is 9.95. The molecule has 2 N–H and O–H groups in total. The fraction of sp³-hybridized carbons (Fsp3) is 0.545. The van der Waals surface area contributed by atoms with Crippen LogP contribution in [0.1, 0.15) is 63.5 Å². The van der Waals surface area contributed by atoms with E-state index in [1.165, 1.54) is 15.2 Å². The topological polar surface area (TPSA) is 106 Å². The van der Waals surface area contributed by atoms with Crippen molar-refractivity contribution in [2.24, 2.45) is 7.05 Å². The van der Waals surface area contributed by atoms with Gasteiger partial charge in [-0.2, -0.15) is 13.5 Å². The largest absolute Gasteiger partial charge is 0.381 e. The summed E-state index contributed by atoms with van der Waals surface area (Å²) in [7, 11) is -2.46. The highest BCUT2D eigenvalue weighted by atomic mass is 32.2. The maximum Gasteiger partial charge on any atom is 0.334 e. The third-order valence-corrected chi connectivity index (χ3v) is 6.99. The van der Waals surface area contributed by atoms with Gasteiger partial charge in [-0.1, -0.05) is 33.8 Å². The quantitative estimate of drug-likeness (QED) is 0.651. The van der Waals surface area contributed by atoms with Gasteiger partial charge in [-0.25, -0.2) is 13.8 Å². The number of aromatic nitrogens is 2. The molecule has 1 aliphatic rings. The van der Waals surface area contributed by atoms with Crippen LogP contribution in [0.3, 0.4) is 0 Å². The van der Waals surface area contributed by atoms with Gasteiger partial charge < -0.3 is 10.1 Å². The summed E-state index contributed by atoms with van der Waals surface area (Å²) in [6.07, 6.45) is 4.17. The molecule has 176 valence electrons. The lowest BCUT2D eigenvalue weighted by Crippen LogP contribution is -2.51. The second-order valence-electron chi connectivity index (χ2n) is 8.77. The van der Waals surface area contributed by atoms with Crippen LogP contribution in [0.5, 0.6) is 0 Å². The number of carbonyl (C=O) groups excluding carboxylic acids is 1. The maximum atomic E-state index is 13.3. The summed E-state index contributed by atoms with van der Waals surface area (Å²) in [5, 5.41) is 6.80. The molecule has 1 aliphatic heterocycles. The molecule has 9 nitrogen and oxygen atoms in total. The van der Waals surface area contributed by atoms with Crippen molar-refractivity contribution in [3.05, 3.63) is 41.7 Å². The van der Waals surface area contributed by atoms with E-state index in [1.54, 1.807) is 13.2 Å². The van der Waals surface area contributed by atoms with Crippen molar-refractivity contribution in [3.8, 4) is 0 Å². The van der Waals surface area contributed by atoms with Crippen molar-refractivity contribution in [2.45, 2.75) is 58.4 Å². The summed E-state index contributed by atoms with van der Waals surface area (Å²) < 4.78 is 36.9. The number of hydrogen-bond donors (Lipinski definition) is 2. The number of benzene rings is 1. The molecule has 0 aliphatic carbocycles. The summed E-state index contributed by atoms with van der Waals surface area (Å²) in [5.74, 6) is 0.547. The lowest BCUT2D eigenvalue weighted by molar-refractivity contribution is 0.0875. The summed E-state index contributed by atoms with van der Waals surface area (Å²) in [6, 6.07) is 4.74. The SMILES string of the molecule is CC(C)c1cc(NC(=O)NS(=O)(=O)N(c2cnn(C)c2)C2CCOCC2)cc(C(C)C)c1. The Morgan fingerprint density at radius 3 is 2.22 bits per heavy atom. The van der Waals surface area contributed by atoms with E-state index in [2.05, 4.69) is 48.9 Å². The smallest absolute Gasteiger partial charge is 0.334 e. The van der Waals surface area contributed by atoms with Gasteiger partial charge in [-0.3, -0.25) is 4.68 Å². The predicted molar refractivity (Wildman–Crippen MR) is 125 cm³/mol. The van der Waals surface area contributed by atoms with Gasteiger partial charge in [0.05, 0.1) is 17.9 Å². The van der Waals surface area contributed by atoms with E-state index in [0.717, 1.165) is 11.1 Å². The zero-order valence-electron chi connectivity index (χ0n) is 19.3. The van der Waals surface area contributed by atoms with Crippen LogP contribution in [0.4, 0.5) is 16.2 Å². The van der Waals surface area contributed by atoms with Crippen molar-refractivity contribution in [1.29, 1.82) is 0 Å². The first-order valence-electron chi connectivity index (χ1n) is 10.9. The van der Waals surface area contributed by atoms with Crippen LogP contribution in [0.15, 0.2) is 30.6 Å². The molecule has 0 saturated carbocycles. The van der Waals surface area contributed by atoms with Crippen LogP contribution >= 0.6 is 0 Å². The van der Waals surface area contributed by atoms with Gasteiger partial charge >= 0.3 is 16.2 Å². The van der Waals surface area contributed by atoms with E-state index in [0.29, 0.717) is 37.4 Å². The minimum absolute atomic E-state index is 0.274. The molecule has 0 bridgehead atoms. The maximum absolute atomic E-state index is 13.3. The first kappa shape index (κ1) is 24.1. The molecule has 0 spiro atoms. The third-order valence-electron chi connectivity index (χ3n) is 5.52. The van der Waals surface area contributed by atoms with Crippen molar-refractivity contribution >= 4 is 27.6 Å². The van der Waals surface area contributed by atoms with Crippen molar-refractivity contribution < 1.29 is 17.9 Å². The molecular formula is C22H33N5O4S. The minimum Gasteiger partial charge on any atom is -0.381 e. The van der Waals surface area contributed by atoms with Gasteiger partial charge in [0.2, 0.25) is 0 Å². The number of urea groups is 1. The molecule has 2 aromatic rings. The molecule has 3 rings (SSSR count). The highest BCUT2D eigenvalue weighted by Gasteiger charge is 2.33. The Morgan fingerprint density at radius 1 is 1.12 bits per heavy atom. The van der Waals surface area contributed by atoms with Gasteiger partial charge in [-0.05, 0) is 47.9 Å². The lowest BCUT2D eigenvalue weighted by Gasteiger charge is -2.33. The third kappa shape index (κ3) is 5.80. The highest BCUT2D eigenvalue weighted by molar-refractivity contribution is 7.91. The molecule has 1 aromatic carbocycles. The van der Waals surface area contributed by atoms with Crippen LogP contribution in [-0.4, -0.2) is 43.5 Å². The summed E-state index contributed by atoms with van der Waals surface area (Å²) in [5.41, 5.74) is 3.12. The number of carbonyl (C=O) groups is 1. The molecule has 0 radical (unpaired) electrons. The fourth-order valence-electron chi connectivity index (χ4n) is 3.73. The minimum atomic E-state index is -4.17. The normalized spacial score (nSPS) is 15.2. The van der Waals surface area contributed by atoms with Crippen molar-refractivity contribution in [1.82, 2.24) is 14.5 Å². The van der Waals surface area contributed by atoms with Gasteiger partial charge in [-0.15, -0.1) is 0 Å². The van der Waals surface area contributed by atoms with E-state index in [1.807, 2.05) is 12.1 Å². The molecule has 32 heavy (non-hydrogen) atoms. The Balaban J connectivity index is 1.83. The number of nitrogens with one attached hydrogen (secondary N) is 2. The van der Waals surface area contributed by atoms with Crippen LogP contribution < -0.4 is 14.3 Å². The average Bonchev–Trinajstić information content (AvgIpc) is 3.13. The number of hydrogen-bond acceptors (Lipinski definition) is 5. The van der Waals surface area contributed by atoms with Crippen LogP contribution in [0.25, 0.3) is 0 Å². The van der Waals surface area contributed by atoms with Crippen LogP contribution in [0.2, 0.25) is 0 Å². The number of nitrogens with zero attached hydrogens (tertiary/aromatic N) is 3. The summed E-state index contributed by atoms with van der Waals surface area (Å²) in [6.45, 7) is 9.23. The summed E-state index contributed by atoms with van der Waals surface area (Å²) >= 11 is 0. The first-order valence-corrected chi connectivity index (χ1v) is 12.3. The van der Waals surface area contributed by atoms with E-state index < -0.39 is 16.2 Å². The van der Waals surface area contributed by atoms with Crippen LogP contribution in [0, 0.1) is 0 Å². The van der Waals surface area contributed by atoms with E-state index >= 15 is 0 Å². The molecule has 0 atom stereocenters. The molecule has 1 fully saturated rings. The second kappa shape index (κ2) is 9.91. The zero-order valence-corrected chi connectivity index (χ0v) is 20.1. The molecule has 1 saturated heterocycles. The van der Waals surface area contributed by atoms with E-state index in [4.69, 9.17) is 4.74 Å². The molecule has 10 heteroatoms. The summed E-state index contributed by atoms with van der Waals surface area (Å²) in [4.78, 5) is 12.7. The Hall–Kier alpha value is -2.59. The highest BCUT2D eigenvalue weighted by Crippen LogP contribution is 2.27. The Labute approximate surface area is 190 Å². The second-order valence-corrected chi connectivity index (χ2v) is 10.3. The Kier molecular flexibility index (Phi) is 7.45. The standard InChI is InChI=1S/C22H33N5O4S/c1-15(2)17-10-18(16(3)4)12-19(11-17)24-22(28)25-32(29,30)27(20-6-8-31-9-7-20)21-13-23-26(5)14-21/h10-16,20H,6-9H2,1-5H3,(H2,24,25,28). The Morgan fingerprint density at radius 2 is 1.72 bits per heavy atom. The van der Waals surface area contributed by atoms with E-state index in [9.17, 15) is 13.2 Å². The van der Waals surface area contributed by atoms with Gasteiger partial charge in [0, 0.05) is 32.1 Å². The molecule has 2 amide bonds. The predicted octanol–water partition coefficient (Wildman–Crippen LogP) is 3.72.